The number of aromatic nitrogens is 6. The molecule has 1 aliphatic carbocycles. The third-order valence-corrected chi connectivity index (χ3v) is 6.96. The molecule has 5 rings (SSSR count). The molecule has 0 aromatic carbocycles. The number of hydrogen-bond donors (Lipinski definition) is 0. The Morgan fingerprint density at radius 3 is 1.45 bits per heavy atom. The number of hydrogen-bond acceptors (Lipinski definition) is 8. The zero-order valence-corrected chi connectivity index (χ0v) is 21.2. The molecule has 192 valence electrons. The molecule has 0 saturated heterocycles. The molecule has 2 atom stereocenters. The topological polar surface area (TPSA) is 111 Å². The molecular weight excluding hydrogens is 476 g/mol. The van der Waals surface area contributed by atoms with Gasteiger partial charge in [-0.25, -0.2) is 0 Å². The van der Waals surface area contributed by atoms with Crippen molar-refractivity contribution in [1.82, 2.24) is 30.4 Å². The second kappa shape index (κ2) is 12.4. The molecule has 4 heterocycles. The monoisotopic (exact) mass is 506 g/mol. The summed E-state index contributed by atoms with van der Waals surface area (Å²) in [5, 5.41) is 17.6. The van der Waals surface area contributed by atoms with Crippen LogP contribution in [0.4, 0.5) is 0 Å². The summed E-state index contributed by atoms with van der Waals surface area (Å²) >= 11 is 0. The van der Waals surface area contributed by atoms with Gasteiger partial charge < -0.3 is 0 Å². The molecule has 1 aliphatic rings. The lowest BCUT2D eigenvalue weighted by Crippen LogP contribution is -2.17. The fraction of sp³-hybridized carbons (Fsp3) is 0.333. The molecule has 0 aliphatic heterocycles. The van der Waals surface area contributed by atoms with E-state index in [1.807, 2.05) is 60.7 Å². The number of pyridine rings is 2. The quantitative estimate of drug-likeness (QED) is 0.315. The summed E-state index contributed by atoms with van der Waals surface area (Å²) in [5.74, 6) is 0.731. The maximum Gasteiger partial charge on any atom is 0.144 e. The summed E-state index contributed by atoms with van der Waals surface area (Å²) in [6, 6.07) is 19.0. The average molecular weight is 507 g/mol. The van der Waals surface area contributed by atoms with E-state index in [9.17, 15) is 9.59 Å². The van der Waals surface area contributed by atoms with Crippen molar-refractivity contribution in [2.24, 2.45) is 0 Å². The van der Waals surface area contributed by atoms with E-state index in [0.717, 1.165) is 48.5 Å². The third-order valence-electron chi connectivity index (χ3n) is 6.96. The Kier molecular flexibility index (Phi) is 8.28. The van der Waals surface area contributed by atoms with Crippen LogP contribution in [0.1, 0.15) is 71.7 Å². The highest BCUT2D eigenvalue weighted by Crippen LogP contribution is 2.39. The Labute approximate surface area is 222 Å². The van der Waals surface area contributed by atoms with Gasteiger partial charge in [-0.3, -0.25) is 19.6 Å². The highest BCUT2D eigenvalue weighted by molar-refractivity contribution is 5.82. The van der Waals surface area contributed by atoms with E-state index in [4.69, 9.17) is 0 Å². The molecule has 8 nitrogen and oxygen atoms in total. The Hall–Kier alpha value is -4.20. The smallest absolute Gasteiger partial charge is 0.144 e. The SMILES string of the molecule is O=C(Cc1ccccn1)Cc1ccc([C@@H]2CCC[C@H](c3ccc(CC(=O)Cc4ccccn4)nn3)C2)nn1. The van der Waals surface area contributed by atoms with Crippen LogP contribution in [0.2, 0.25) is 0 Å². The van der Waals surface area contributed by atoms with E-state index >= 15 is 0 Å². The lowest BCUT2D eigenvalue weighted by Gasteiger charge is -2.28. The van der Waals surface area contributed by atoms with E-state index in [-0.39, 0.29) is 24.4 Å². The minimum atomic E-state index is 0.0731. The number of Topliss-reactive ketones (excluding diaryl/α,β-unsaturated/α-hetero) is 2. The maximum absolute atomic E-state index is 12.4. The van der Waals surface area contributed by atoms with Gasteiger partial charge in [0.1, 0.15) is 11.6 Å². The van der Waals surface area contributed by atoms with Crippen LogP contribution in [0.3, 0.4) is 0 Å². The first-order valence-corrected chi connectivity index (χ1v) is 13.1. The van der Waals surface area contributed by atoms with Crippen LogP contribution in [-0.4, -0.2) is 41.9 Å². The van der Waals surface area contributed by atoms with Gasteiger partial charge in [0, 0.05) is 48.5 Å². The van der Waals surface area contributed by atoms with Crippen molar-refractivity contribution >= 4 is 11.6 Å². The second-order valence-corrected chi connectivity index (χ2v) is 9.89. The standard InChI is InChI=1S/C30H30N6O2/c37-27(17-23-8-1-3-14-31-23)19-25-10-12-29(35-33-25)21-6-5-7-22(16-21)30-13-11-26(34-36-30)20-28(38)18-24-9-2-4-15-32-24/h1-4,8-15,21-22H,5-7,16-20H2/t21-,22+. The van der Waals surface area contributed by atoms with Crippen molar-refractivity contribution in [1.29, 1.82) is 0 Å². The highest BCUT2D eigenvalue weighted by atomic mass is 16.1. The highest BCUT2D eigenvalue weighted by Gasteiger charge is 2.27. The molecule has 4 aromatic heterocycles. The van der Waals surface area contributed by atoms with Crippen LogP contribution >= 0.6 is 0 Å². The number of nitrogens with zero attached hydrogens (tertiary/aromatic N) is 6. The van der Waals surface area contributed by atoms with Crippen LogP contribution in [0.25, 0.3) is 0 Å². The van der Waals surface area contributed by atoms with Gasteiger partial charge in [0.05, 0.1) is 35.6 Å². The molecule has 0 amide bonds. The number of carbonyl (C=O) groups excluding carboxylic acids is 2. The first kappa shape index (κ1) is 25.4. The van der Waals surface area contributed by atoms with Gasteiger partial charge in [-0.15, -0.1) is 0 Å². The Bertz CT molecular complexity index is 1240. The Morgan fingerprint density at radius 2 is 1.05 bits per heavy atom. The molecule has 1 saturated carbocycles. The zero-order valence-electron chi connectivity index (χ0n) is 21.2. The minimum Gasteiger partial charge on any atom is -0.299 e. The van der Waals surface area contributed by atoms with Gasteiger partial charge in [-0.2, -0.15) is 20.4 Å². The summed E-state index contributed by atoms with van der Waals surface area (Å²) in [5.41, 5.74) is 4.81. The third kappa shape index (κ3) is 6.97. The molecule has 1 fully saturated rings. The lowest BCUT2D eigenvalue weighted by atomic mass is 9.78. The average Bonchev–Trinajstić information content (AvgIpc) is 2.95. The van der Waals surface area contributed by atoms with Crippen LogP contribution in [-0.2, 0) is 35.3 Å². The number of rotatable bonds is 10. The fourth-order valence-electron chi connectivity index (χ4n) is 5.03. The molecule has 0 spiro atoms. The van der Waals surface area contributed by atoms with Crippen LogP contribution in [0.5, 0.6) is 0 Å². The van der Waals surface area contributed by atoms with E-state index in [1.54, 1.807) is 12.4 Å². The summed E-state index contributed by atoms with van der Waals surface area (Å²) in [7, 11) is 0. The molecule has 4 aromatic rings. The van der Waals surface area contributed by atoms with E-state index < -0.39 is 0 Å². The molecule has 0 unspecified atom stereocenters. The Morgan fingerprint density at radius 1 is 0.579 bits per heavy atom. The van der Waals surface area contributed by atoms with Crippen molar-refractivity contribution < 1.29 is 9.59 Å². The fourth-order valence-corrected chi connectivity index (χ4v) is 5.03. The van der Waals surface area contributed by atoms with Gasteiger partial charge in [0.25, 0.3) is 0 Å². The van der Waals surface area contributed by atoms with Crippen LogP contribution in [0.15, 0.2) is 73.1 Å². The normalized spacial score (nSPS) is 17.2. The van der Waals surface area contributed by atoms with Crippen LogP contribution in [0, 0.1) is 0 Å². The van der Waals surface area contributed by atoms with Crippen molar-refractivity contribution in [3.63, 3.8) is 0 Å². The molecule has 8 heteroatoms. The molecular formula is C30H30N6O2. The van der Waals surface area contributed by atoms with E-state index in [2.05, 4.69) is 30.4 Å². The van der Waals surface area contributed by atoms with Gasteiger partial charge >= 0.3 is 0 Å². The van der Waals surface area contributed by atoms with E-state index in [1.165, 1.54) is 0 Å². The summed E-state index contributed by atoms with van der Waals surface area (Å²) in [6.07, 6.45) is 8.60. The molecule has 0 N–H and O–H groups in total. The minimum absolute atomic E-state index is 0.0731. The molecule has 0 bridgehead atoms. The van der Waals surface area contributed by atoms with Gasteiger partial charge in [0.15, 0.2) is 0 Å². The summed E-state index contributed by atoms with van der Waals surface area (Å²) in [4.78, 5) is 33.2. The maximum atomic E-state index is 12.4. The lowest BCUT2D eigenvalue weighted by molar-refractivity contribution is -0.118. The summed E-state index contributed by atoms with van der Waals surface area (Å²) in [6.45, 7) is 0. The largest absolute Gasteiger partial charge is 0.299 e. The first-order valence-electron chi connectivity index (χ1n) is 13.1. The van der Waals surface area contributed by atoms with Crippen molar-refractivity contribution in [3.8, 4) is 0 Å². The number of carbonyl (C=O) groups is 2. The Balaban J connectivity index is 1.14. The van der Waals surface area contributed by atoms with Gasteiger partial charge in [0.2, 0.25) is 0 Å². The van der Waals surface area contributed by atoms with Crippen molar-refractivity contribution in [2.45, 2.75) is 63.2 Å². The van der Waals surface area contributed by atoms with Gasteiger partial charge in [-0.05, 0) is 67.8 Å². The molecule has 38 heavy (non-hydrogen) atoms. The molecule has 0 radical (unpaired) electrons. The van der Waals surface area contributed by atoms with Gasteiger partial charge in [-0.1, -0.05) is 18.6 Å². The first-order chi connectivity index (χ1) is 18.6. The predicted molar refractivity (Wildman–Crippen MR) is 141 cm³/mol. The van der Waals surface area contributed by atoms with Crippen LogP contribution < -0.4 is 0 Å². The van der Waals surface area contributed by atoms with E-state index in [0.29, 0.717) is 36.1 Å². The predicted octanol–water partition coefficient (Wildman–Crippen LogP) is 4.21. The second-order valence-electron chi connectivity index (χ2n) is 9.89. The van der Waals surface area contributed by atoms with Crippen molar-refractivity contribution in [2.75, 3.05) is 0 Å². The zero-order chi connectivity index (χ0) is 26.2. The number of ketones is 2. The summed E-state index contributed by atoms with van der Waals surface area (Å²) < 4.78 is 0. The van der Waals surface area contributed by atoms with Crippen molar-refractivity contribution in [3.05, 3.63) is 107 Å².